The lowest BCUT2D eigenvalue weighted by molar-refractivity contribution is 0.414. The maximum atomic E-state index is 9.90. The summed E-state index contributed by atoms with van der Waals surface area (Å²) >= 11 is 0. The van der Waals surface area contributed by atoms with Gasteiger partial charge in [0.15, 0.2) is 0 Å². The summed E-state index contributed by atoms with van der Waals surface area (Å²) in [5, 5.41) is 23.0. The number of hydrogen-bond acceptors (Lipinski definition) is 6. The summed E-state index contributed by atoms with van der Waals surface area (Å²) in [4.78, 5) is 1.74. The highest BCUT2D eigenvalue weighted by Gasteiger charge is 2.40. The molecule has 6 nitrogen and oxygen atoms in total. The van der Waals surface area contributed by atoms with Gasteiger partial charge in [-0.2, -0.15) is 10.5 Å². The van der Waals surface area contributed by atoms with E-state index in [9.17, 15) is 10.5 Å². The van der Waals surface area contributed by atoms with Crippen molar-refractivity contribution in [2.45, 2.75) is 5.92 Å². The van der Waals surface area contributed by atoms with E-state index in [1.54, 1.807) is 12.0 Å². The molecule has 0 saturated heterocycles. The topological polar surface area (TPSA) is 98.1 Å². The molecule has 0 aromatic heterocycles. The van der Waals surface area contributed by atoms with Crippen LogP contribution in [0.2, 0.25) is 0 Å². The second-order valence-electron chi connectivity index (χ2n) is 5.97. The first kappa shape index (κ1) is 15.6. The molecule has 2 aliphatic rings. The largest absolute Gasteiger partial charge is 0.497 e. The molecule has 6 heteroatoms. The van der Waals surface area contributed by atoms with Gasteiger partial charge in [0.2, 0.25) is 0 Å². The normalized spacial score (nSPS) is 17.8. The number of nitriles is 2. The summed E-state index contributed by atoms with van der Waals surface area (Å²) in [5.41, 5.74) is 9.62. The van der Waals surface area contributed by atoms with Crippen LogP contribution in [0.25, 0.3) is 0 Å². The maximum absolute atomic E-state index is 9.90. The third-order valence-electron chi connectivity index (χ3n) is 4.64. The molecule has 0 fully saturated rings. The molecular formula is C20H15N5O. The van der Waals surface area contributed by atoms with Gasteiger partial charge in [-0.3, -0.25) is 4.90 Å². The molecule has 26 heavy (non-hydrogen) atoms. The summed E-state index contributed by atoms with van der Waals surface area (Å²) in [6.45, 7) is 0. The number of para-hydroxylation sites is 2. The summed E-state index contributed by atoms with van der Waals surface area (Å²) in [5.74, 6) is 1.03. The van der Waals surface area contributed by atoms with E-state index in [0.29, 0.717) is 28.5 Å². The first-order valence-corrected chi connectivity index (χ1v) is 8.03. The highest BCUT2D eigenvalue weighted by molar-refractivity contribution is 5.86. The first-order valence-electron chi connectivity index (χ1n) is 8.03. The number of allylic oxidation sites excluding steroid dienone is 2. The van der Waals surface area contributed by atoms with Crippen LogP contribution in [0, 0.1) is 22.7 Å². The van der Waals surface area contributed by atoms with E-state index in [1.165, 1.54) is 0 Å². The maximum Gasteiger partial charge on any atom is 0.131 e. The van der Waals surface area contributed by atoms with Gasteiger partial charge < -0.3 is 15.8 Å². The summed E-state index contributed by atoms with van der Waals surface area (Å²) < 4.78 is 5.29. The Hall–Kier alpha value is -3.90. The van der Waals surface area contributed by atoms with E-state index < -0.39 is 5.92 Å². The minimum absolute atomic E-state index is 0.326. The third-order valence-corrected chi connectivity index (χ3v) is 4.64. The third kappa shape index (κ3) is 2.10. The number of anilines is 2. The second kappa shape index (κ2) is 5.87. The number of nitrogens with one attached hydrogen (secondary N) is 1. The van der Waals surface area contributed by atoms with Gasteiger partial charge in [-0.05, 0) is 29.8 Å². The number of rotatable bonds is 2. The van der Waals surface area contributed by atoms with Gasteiger partial charge >= 0.3 is 0 Å². The fraction of sp³-hybridized carbons (Fsp3) is 0.100. The van der Waals surface area contributed by atoms with Crippen LogP contribution in [0.3, 0.4) is 0 Å². The van der Waals surface area contributed by atoms with E-state index in [2.05, 4.69) is 17.5 Å². The monoisotopic (exact) mass is 341 g/mol. The van der Waals surface area contributed by atoms with Crippen molar-refractivity contribution in [3.05, 3.63) is 76.9 Å². The van der Waals surface area contributed by atoms with Crippen LogP contribution in [-0.2, 0) is 0 Å². The van der Waals surface area contributed by atoms with Crippen molar-refractivity contribution in [2.24, 2.45) is 5.73 Å². The molecule has 0 spiro atoms. The summed E-state index contributed by atoms with van der Waals surface area (Å²) in [6, 6.07) is 19.4. The predicted octanol–water partition coefficient (Wildman–Crippen LogP) is 3.15. The van der Waals surface area contributed by atoms with Gasteiger partial charge in [0.05, 0.1) is 47.7 Å². The molecule has 126 valence electrons. The minimum atomic E-state index is -0.548. The number of ether oxygens (including phenoxy) is 1. The lowest BCUT2D eigenvalue weighted by Gasteiger charge is -2.31. The number of hydrogen-bond donors (Lipinski definition) is 2. The van der Waals surface area contributed by atoms with Crippen LogP contribution in [0.15, 0.2) is 71.3 Å². The van der Waals surface area contributed by atoms with Crippen molar-refractivity contribution in [3.63, 3.8) is 0 Å². The average Bonchev–Trinajstić information content (AvgIpc) is 3.07. The molecule has 0 radical (unpaired) electrons. The van der Waals surface area contributed by atoms with Gasteiger partial charge in [0.1, 0.15) is 17.4 Å². The van der Waals surface area contributed by atoms with Gasteiger partial charge in [-0.25, -0.2) is 0 Å². The summed E-state index contributed by atoms with van der Waals surface area (Å²) in [7, 11) is 1.58. The molecule has 0 saturated carbocycles. The molecule has 0 unspecified atom stereocenters. The van der Waals surface area contributed by atoms with Crippen molar-refractivity contribution >= 4 is 11.4 Å². The van der Waals surface area contributed by atoms with Crippen molar-refractivity contribution in [3.8, 4) is 17.9 Å². The molecule has 0 amide bonds. The predicted molar refractivity (Wildman–Crippen MR) is 97.7 cm³/mol. The van der Waals surface area contributed by atoms with Gasteiger partial charge in [-0.15, -0.1) is 0 Å². The van der Waals surface area contributed by atoms with E-state index in [1.807, 2.05) is 48.5 Å². The van der Waals surface area contributed by atoms with Crippen LogP contribution in [-0.4, -0.2) is 7.11 Å². The zero-order chi connectivity index (χ0) is 18.3. The Balaban J connectivity index is 1.96. The van der Waals surface area contributed by atoms with Gasteiger partial charge in [0.25, 0.3) is 0 Å². The Bertz CT molecular complexity index is 1050. The van der Waals surface area contributed by atoms with Crippen LogP contribution < -0.4 is 20.7 Å². The van der Waals surface area contributed by atoms with Crippen LogP contribution in [0.4, 0.5) is 11.4 Å². The fourth-order valence-electron chi connectivity index (χ4n) is 3.46. The fourth-order valence-corrected chi connectivity index (χ4v) is 3.46. The van der Waals surface area contributed by atoms with Gasteiger partial charge in [-0.1, -0.05) is 24.3 Å². The number of nitrogens with zero attached hydrogens (tertiary/aromatic N) is 3. The molecule has 2 aromatic rings. The Kier molecular flexibility index (Phi) is 3.53. The molecule has 0 bridgehead atoms. The molecule has 2 aromatic carbocycles. The van der Waals surface area contributed by atoms with Crippen molar-refractivity contribution in [1.82, 2.24) is 0 Å². The average molecular weight is 341 g/mol. The minimum Gasteiger partial charge on any atom is -0.497 e. The zero-order valence-electron chi connectivity index (χ0n) is 14.0. The molecule has 2 heterocycles. The molecule has 3 N–H and O–H groups in total. The Labute approximate surface area is 151 Å². The van der Waals surface area contributed by atoms with Crippen LogP contribution >= 0.6 is 0 Å². The van der Waals surface area contributed by atoms with E-state index in [-0.39, 0.29) is 0 Å². The van der Waals surface area contributed by atoms with Crippen molar-refractivity contribution in [2.75, 3.05) is 17.3 Å². The molecule has 0 aliphatic carbocycles. The molecule has 4 rings (SSSR count). The van der Waals surface area contributed by atoms with E-state index in [0.717, 1.165) is 16.9 Å². The second-order valence-corrected chi connectivity index (χ2v) is 5.97. The smallest absolute Gasteiger partial charge is 0.131 e. The molecule has 1 atom stereocenters. The standard InChI is InChI=1S/C20H15N5O/c1-26-13-6-4-5-12(9-13)18-14(10-21)19(23)25-17-8-3-2-7-16(17)24-20(25)15(18)11-22/h2-9,18,24H,23H2,1H3/t18-/m1/s1. The summed E-state index contributed by atoms with van der Waals surface area (Å²) in [6.07, 6.45) is 0. The van der Waals surface area contributed by atoms with Gasteiger partial charge in [0, 0.05) is 0 Å². The van der Waals surface area contributed by atoms with Crippen LogP contribution in [0.5, 0.6) is 5.75 Å². The Morgan fingerprint density at radius 2 is 1.85 bits per heavy atom. The lowest BCUT2D eigenvalue weighted by Crippen LogP contribution is -2.34. The number of fused-ring (bicyclic) bond motifs is 3. The highest BCUT2D eigenvalue weighted by atomic mass is 16.5. The number of benzene rings is 2. The quantitative estimate of drug-likeness (QED) is 0.871. The first-order chi connectivity index (χ1) is 12.7. The van der Waals surface area contributed by atoms with Crippen LogP contribution in [0.1, 0.15) is 11.5 Å². The Morgan fingerprint density at radius 3 is 2.58 bits per heavy atom. The van der Waals surface area contributed by atoms with E-state index in [4.69, 9.17) is 10.5 Å². The van der Waals surface area contributed by atoms with E-state index >= 15 is 0 Å². The highest BCUT2D eigenvalue weighted by Crippen LogP contribution is 2.47. The van der Waals surface area contributed by atoms with Crippen molar-refractivity contribution in [1.29, 1.82) is 10.5 Å². The number of nitrogens with two attached hydrogens (primary N) is 1. The lowest BCUT2D eigenvalue weighted by atomic mass is 9.83. The molecule has 2 aliphatic heterocycles. The number of methoxy groups -OCH3 is 1. The molecular weight excluding hydrogens is 326 g/mol. The van der Waals surface area contributed by atoms with Crippen molar-refractivity contribution < 1.29 is 4.74 Å². The zero-order valence-corrected chi connectivity index (χ0v) is 14.0. The SMILES string of the molecule is COc1cccc([C@@H]2C(C#N)=C(N)N3C(=C2C#N)Nc2ccccc23)c1. The Morgan fingerprint density at radius 1 is 1.08 bits per heavy atom.